The Morgan fingerprint density at radius 2 is 2.05 bits per heavy atom. The van der Waals surface area contributed by atoms with E-state index in [0.29, 0.717) is 5.69 Å². The molecular formula is C14H16N4O. The van der Waals surface area contributed by atoms with Gasteiger partial charge in [-0.25, -0.2) is 4.68 Å². The zero-order valence-electron chi connectivity index (χ0n) is 10.6. The van der Waals surface area contributed by atoms with Gasteiger partial charge in [0.05, 0.1) is 11.9 Å². The number of benzene rings is 1. The number of Topliss-reactive ketones (excluding diaryl/α,β-unsaturated/α-hetero) is 1. The van der Waals surface area contributed by atoms with Gasteiger partial charge in [-0.05, 0) is 31.4 Å². The fraction of sp³-hybridized carbons (Fsp3) is 0.357. The Labute approximate surface area is 111 Å². The zero-order valence-corrected chi connectivity index (χ0v) is 10.6. The first-order chi connectivity index (χ1) is 9.25. The van der Waals surface area contributed by atoms with Crippen molar-refractivity contribution in [3.63, 3.8) is 0 Å². The van der Waals surface area contributed by atoms with Crippen molar-refractivity contribution in [1.82, 2.24) is 15.0 Å². The molecule has 0 saturated heterocycles. The number of rotatable bonds is 3. The summed E-state index contributed by atoms with van der Waals surface area (Å²) < 4.78 is 1.60. The molecule has 1 aromatic carbocycles. The molecule has 1 fully saturated rings. The molecule has 5 nitrogen and oxygen atoms in total. The topological polar surface area (TPSA) is 73.8 Å². The number of carbonyl (C=O) groups excluding carboxylic acids is 1. The summed E-state index contributed by atoms with van der Waals surface area (Å²) in [5, 5.41) is 7.88. The van der Waals surface area contributed by atoms with Crippen molar-refractivity contribution < 1.29 is 4.79 Å². The van der Waals surface area contributed by atoms with Crippen LogP contribution in [0.1, 0.15) is 29.8 Å². The van der Waals surface area contributed by atoms with E-state index in [1.54, 1.807) is 10.9 Å². The molecule has 0 amide bonds. The average molecular weight is 256 g/mol. The Kier molecular flexibility index (Phi) is 3.13. The molecule has 2 aromatic rings. The standard InChI is InChI=1S/C14H16N4O/c15-11-7-6-10(8-11)14(19)13-9-16-17-18(13)12-4-2-1-3-5-12/h1-5,9-11H,6-8,15H2. The first-order valence-corrected chi connectivity index (χ1v) is 6.51. The summed E-state index contributed by atoms with van der Waals surface area (Å²) in [4.78, 5) is 12.5. The lowest BCUT2D eigenvalue weighted by molar-refractivity contribution is 0.0914. The Balaban J connectivity index is 1.90. The van der Waals surface area contributed by atoms with Gasteiger partial charge in [0, 0.05) is 12.0 Å². The van der Waals surface area contributed by atoms with E-state index in [0.717, 1.165) is 24.9 Å². The van der Waals surface area contributed by atoms with Gasteiger partial charge in [-0.15, -0.1) is 5.10 Å². The molecule has 0 radical (unpaired) electrons. The number of hydrogen-bond acceptors (Lipinski definition) is 4. The maximum absolute atomic E-state index is 12.5. The lowest BCUT2D eigenvalue weighted by Gasteiger charge is -2.09. The molecule has 1 saturated carbocycles. The van der Waals surface area contributed by atoms with E-state index >= 15 is 0 Å². The van der Waals surface area contributed by atoms with Crippen molar-refractivity contribution in [2.75, 3.05) is 0 Å². The molecule has 0 bridgehead atoms. The molecule has 1 heterocycles. The lowest BCUT2D eigenvalue weighted by atomic mass is 10.00. The van der Waals surface area contributed by atoms with E-state index < -0.39 is 0 Å². The number of nitrogens with zero attached hydrogens (tertiary/aromatic N) is 3. The predicted molar refractivity (Wildman–Crippen MR) is 71.0 cm³/mol. The number of aromatic nitrogens is 3. The first kappa shape index (κ1) is 12.0. The maximum Gasteiger partial charge on any atom is 0.186 e. The summed E-state index contributed by atoms with van der Waals surface area (Å²) in [6, 6.07) is 9.72. The Morgan fingerprint density at radius 3 is 2.74 bits per heavy atom. The quantitative estimate of drug-likeness (QED) is 0.846. The largest absolute Gasteiger partial charge is 0.328 e. The van der Waals surface area contributed by atoms with Crippen molar-refractivity contribution in [1.29, 1.82) is 0 Å². The molecule has 19 heavy (non-hydrogen) atoms. The summed E-state index contributed by atoms with van der Waals surface area (Å²) in [7, 11) is 0. The second-order valence-electron chi connectivity index (χ2n) is 5.00. The summed E-state index contributed by atoms with van der Waals surface area (Å²) in [5.74, 6) is 0.109. The minimum absolute atomic E-state index is 0.0102. The van der Waals surface area contributed by atoms with Gasteiger partial charge in [-0.1, -0.05) is 23.4 Å². The zero-order chi connectivity index (χ0) is 13.2. The van der Waals surface area contributed by atoms with Crippen molar-refractivity contribution in [2.24, 2.45) is 11.7 Å². The molecule has 98 valence electrons. The van der Waals surface area contributed by atoms with Crippen LogP contribution in [0.4, 0.5) is 0 Å². The molecule has 3 rings (SSSR count). The molecular weight excluding hydrogens is 240 g/mol. The summed E-state index contributed by atoms with van der Waals surface area (Å²) in [6.45, 7) is 0. The third kappa shape index (κ3) is 2.29. The third-order valence-electron chi connectivity index (χ3n) is 3.65. The van der Waals surface area contributed by atoms with Crippen LogP contribution in [0.2, 0.25) is 0 Å². The molecule has 1 aromatic heterocycles. The Morgan fingerprint density at radius 1 is 1.26 bits per heavy atom. The van der Waals surface area contributed by atoms with E-state index in [1.165, 1.54) is 0 Å². The second kappa shape index (κ2) is 4.93. The Bertz CT molecular complexity index is 578. The molecule has 2 N–H and O–H groups in total. The molecule has 2 atom stereocenters. The van der Waals surface area contributed by atoms with Crippen LogP contribution in [0.3, 0.4) is 0 Å². The van der Waals surface area contributed by atoms with Crippen LogP contribution in [0.5, 0.6) is 0 Å². The van der Waals surface area contributed by atoms with Crippen molar-refractivity contribution in [3.8, 4) is 5.69 Å². The minimum Gasteiger partial charge on any atom is -0.328 e. The predicted octanol–water partition coefficient (Wildman–Crippen LogP) is 1.58. The van der Waals surface area contributed by atoms with E-state index in [2.05, 4.69) is 10.3 Å². The Hall–Kier alpha value is -2.01. The highest BCUT2D eigenvalue weighted by Crippen LogP contribution is 2.27. The van der Waals surface area contributed by atoms with Gasteiger partial charge in [0.25, 0.3) is 0 Å². The SMILES string of the molecule is NC1CCC(C(=O)c2cnnn2-c2ccccc2)C1. The van der Waals surface area contributed by atoms with Gasteiger partial charge < -0.3 is 5.73 Å². The number of hydrogen-bond donors (Lipinski definition) is 1. The fourth-order valence-electron chi connectivity index (χ4n) is 2.63. The van der Waals surface area contributed by atoms with Crippen LogP contribution >= 0.6 is 0 Å². The minimum atomic E-state index is 0.0102. The van der Waals surface area contributed by atoms with Crippen molar-refractivity contribution in [2.45, 2.75) is 25.3 Å². The van der Waals surface area contributed by atoms with E-state index in [-0.39, 0.29) is 17.7 Å². The van der Waals surface area contributed by atoms with Crippen LogP contribution in [-0.2, 0) is 0 Å². The van der Waals surface area contributed by atoms with Gasteiger partial charge in [-0.3, -0.25) is 4.79 Å². The summed E-state index contributed by atoms with van der Waals surface area (Å²) in [6.07, 6.45) is 4.08. The lowest BCUT2D eigenvalue weighted by Crippen LogP contribution is -2.20. The van der Waals surface area contributed by atoms with Gasteiger partial charge in [-0.2, -0.15) is 0 Å². The molecule has 0 spiro atoms. The van der Waals surface area contributed by atoms with Crippen molar-refractivity contribution >= 4 is 5.78 Å². The van der Waals surface area contributed by atoms with E-state index in [4.69, 9.17) is 5.73 Å². The molecule has 0 aliphatic heterocycles. The fourth-order valence-corrected chi connectivity index (χ4v) is 2.63. The monoisotopic (exact) mass is 256 g/mol. The highest BCUT2D eigenvalue weighted by molar-refractivity contribution is 5.96. The van der Waals surface area contributed by atoms with Crippen LogP contribution < -0.4 is 5.73 Å². The van der Waals surface area contributed by atoms with Crippen LogP contribution in [-0.4, -0.2) is 26.8 Å². The second-order valence-corrected chi connectivity index (χ2v) is 5.00. The average Bonchev–Trinajstić information content (AvgIpc) is 3.07. The number of para-hydroxylation sites is 1. The van der Waals surface area contributed by atoms with Crippen molar-refractivity contribution in [3.05, 3.63) is 42.2 Å². The molecule has 2 unspecified atom stereocenters. The number of nitrogens with two attached hydrogens (primary N) is 1. The molecule has 5 heteroatoms. The van der Waals surface area contributed by atoms with Gasteiger partial charge >= 0.3 is 0 Å². The number of ketones is 1. The van der Waals surface area contributed by atoms with Gasteiger partial charge in [0.1, 0.15) is 5.69 Å². The van der Waals surface area contributed by atoms with E-state index in [9.17, 15) is 4.79 Å². The normalized spacial score (nSPS) is 22.6. The maximum atomic E-state index is 12.5. The van der Waals surface area contributed by atoms with E-state index in [1.807, 2.05) is 30.3 Å². The van der Waals surface area contributed by atoms with Crippen LogP contribution in [0.15, 0.2) is 36.5 Å². The third-order valence-corrected chi connectivity index (χ3v) is 3.65. The number of carbonyl (C=O) groups is 1. The molecule has 1 aliphatic rings. The van der Waals surface area contributed by atoms with Crippen LogP contribution in [0, 0.1) is 5.92 Å². The molecule has 1 aliphatic carbocycles. The summed E-state index contributed by atoms with van der Waals surface area (Å²) in [5.41, 5.74) is 7.27. The van der Waals surface area contributed by atoms with Gasteiger partial charge in [0.15, 0.2) is 5.78 Å². The highest BCUT2D eigenvalue weighted by Gasteiger charge is 2.30. The van der Waals surface area contributed by atoms with Crippen LogP contribution in [0.25, 0.3) is 5.69 Å². The highest BCUT2D eigenvalue weighted by atomic mass is 16.1. The first-order valence-electron chi connectivity index (χ1n) is 6.51. The summed E-state index contributed by atoms with van der Waals surface area (Å²) >= 11 is 0. The van der Waals surface area contributed by atoms with Gasteiger partial charge in [0.2, 0.25) is 0 Å². The smallest absolute Gasteiger partial charge is 0.186 e.